The second-order valence-electron chi connectivity index (χ2n) is 4.80. The van der Waals surface area contributed by atoms with Crippen molar-refractivity contribution >= 4 is 10.0 Å². The minimum atomic E-state index is -3.38. The van der Waals surface area contributed by atoms with Gasteiger partial charge in [0.25, 0.3) is 0 Å². The van der Waals surface area contributed by atoms with E-state index in [0.29, 0.717) is 19.4 Å². The molecule has 1 saturated carbocycles. The molecule has 1 atom stereocenters. The van der Waals surface area contributed by atoms with E-state index in [1.807, 2.05) is 0 Å². The van der Waals surface area contributed by atoms with E-state index in [2.05, 4.69) is 0 Å². The van der Waals surface area contributed by atoms with Gasteiger partial charge in [-0.3, -0.25) is 0 Å². The summed E-state index contributed by atoms with van der Waals surface area (Å²) in [5.74, 6) is 0. The quantitative estimate of drug-likeness (QED) is 0.738. The fourth-order valence-electron chi connectivity index (χ4n) is 2.81. The predicted molar refractivity (Wildman–Crippen MR) is 57.9 cm³/mol. The van der Waals surface area contributed by atoms with E-state index in [-0.39, 0.29) is 10.9 Å². The van der Waals surface area contributed by atoms with Gasteiger partial charge in [-0.2, -0.15) is 0 Å². The third kappa shape index (κ3) is 2.52. The zero-order valence-corrected chi connectivity index (χ0v) is 9.76. The van der Waals surface area contributed by atoms with Gasteiger partial charge in [0.1, 0.15) is 0 Å². The van der Waals surface area contributed by atoms with Crippen molar-refractivity contribution in [2.75, 3.05) is 6.61 Å². The largest absolute Gasteiger partial charge is 0.375 e. The Morgan fingerprint density at radius 2 is 1.87 bits per heavy atom. The third-order valence-electron chi connectivity index (χ3n) is 3.68. The highest BCUT2D eigenvalue weighted by atomic mass is 32.2. The first-order valence-corrected chi connectivity index (χ1v) is 7.28. The molecule has 0 amide bonds. The van der Waals surface area contributed by atoms with Crippen molar-refractivity contribution in [3.05, 3.63) is 0 Å². The standard InChI is InChI=1S/C10H19NO3S/c11-15(12,13)9-4-7-14-10(8-9)5-2-1-3-6-10/h9H,1-8H2,(H2,11,12,13). The molecule has 0 aromatic carbocycles. The molecule has 1 heterocycles. The number of sulfonamides is 1. The molecule has 1 aliphatic heterocycles. The van der Waals surface area contributed by atoms with Gasteiger partial charge in [0, 0.05) is 6.61 Å². The van der Waals surface area contributed by atoms with Crippen molar-refractivity contribution in [3.8, 4) is 0 Å². The molecular weight excluding hydrogens is 214 g/mol. The first kappa shape index (κ1) is 11.4. The highest BCUT2D eigenvalue weighted by Gasteiger charge is 2.41. The van der Waals surface area contributed by atoms with Crippen molar-refractivity contribution in [1.82, 2.24) is 0 Å². The molecule has 88 valence electrons. The van der Waals surface area contributed by atoms with Crippen LogP contribution in [0.4, 0.5) is 0 Å². The molecule has 5 heteroatoms. The molecule has 0 bridgehead atoms. The summed E-state index contributed by atoms with van der Waals surface area (Å²) in [5, 5.41) is 4.83. The third-order valence-corrected chi connectivity index (χ3v) is 5.01. The Morgan fingerprint density at radius 1 is 1.20 bits per heavy atom. The number of ether oxygens (including phenoxy) is 1. The van der Waals surface area contributed by atoms with Crippen molar-refractivity contribution in [1.29, 1.82) is 0 Å². The molecule has 1 saturated heterocycles. The molecule has 2 fully saturated rings. The predicted octanol–water partition coefficient (Wildman–Crippen LogP) is 1.16. The first-order chi connectivity index (χ1) is 7.02. The van der Waals surface area contributed by atoms with Crippen LogP contribution in [0.15, 0.2) is 0 Å². The lowest BCUT2D eigenvalue weighted by atomic mass is 9.80. The highest BCUT2D eigenvalue weighted by molar-refractivity contribution is 7.89. The van der Waals surface area contributed by atoms with Crippen LogP contribution in [0, 0.1) is 0 Å². The van der Waals surface area contributed by atoms with E-state index >= 15 is 0 Å². The average molecular weight is 233 g/mol. The van der Waals surface area contributed by atoms with E-state index < -0.39 is 10.0 Å². The summed E-state index contributed by atoms with van der Waals surface area (Å²) in [6.45, 7) is 0.543. The SMILES string of the molecule is NS(=O)(=O)C1CCOC2(CCCCC2)C1. The van der Waals surface area contributed by atoms with Crippen LogP contribution >= 0.6 is 0 Å². The topological polar surface area (TPSA) is 69.4 Å². The second-order valence-corrected chi connectivity index (χ2v) is 6.64. The van der Waals surface area contributed by atoms with Crippen LogP contribution in [-0.4, -0.2) is 25.9 Å². The van der Waals surface area contributed by atoms with E-state index in [4.69, 9.17) is 9.88 Å². The molecule has 1 spiro atoms. The number of hydrogen-bond donors (Lipinski definition) is 1. The van der Waals surface area contributed by atoms with Crippen LogP contribution in [0.3, 0.4) is 0 Å². The van der Waals surface area contributed by atoms with E-state index in [0.717, 1.165) is 25.7 Å². The number of rotatable bonds is 1. The maximum absolute atomic E-state index is 11.3. The normalized spacial score (nSPS) is 31.7. The van der Waals surface area contributed by atoms with Crippen molar-refractivity contribution < 1.29 is 13.2 Å². The molecule has 1 unspecified atom stereocenters. The maximum atomic E-state index is 11.3. The molecular formula is C10H19NO3S. The Labute approximate surface area is 91.2 Å². The van der Waals surface area contributed by atoms with Crippen LogP contribution in [0.25, 0.3) is 0 Å². The van der Waals surface area contributed by atoms with Crippen molar-refractivity contribution in [2.24, 2.45) is 5.14 Å². The Kier molecular flexibility index (Phi) is 3.05. The minimum absolute atomic E-state index is 0.173. The molecule has 1 aliphatic carbocycles. The van der Waals surface area contributed by atoms with Gasteiger partial charge >= 0.3 is 0 Å². The lowest BCUT2D eigenvalue weighted by Gasteiger charge is -2.42. The van der Waals surface area contributed by atoms with Gasteiger partial charge < -0.3 is 4.74 Å². The molecule has 2 aliphatic rings. The molecule has 0 radical (unpaired) electrons. The fourth-order valence-corrected chi connectivity index (χ4v) is 3.77. The van der Waals surface area contributed by atoms with Gasteiger partial charge in [-0.1, -0.05) is 19.3 Å². The Balaban J connectivity index is 2.09. The highest BCUT2D eigenvalue weighted by Crippen LogP contribution is 2.39. The number of primary sulfonamides is 1. The van der Waals surface area contributed by atoms with Gasteiger partial charge in [0.2, 0.25) is 10.0 Å². The Morgan fingerprint density at radius 3 is 2.47 bits per heavy atom. The average Bonchev–Trinajstić information content (AvgIpc) is 2.18. The zero-order chi connectivity index (χ0) is 10.9. The van der Waals surface area contributed by atoms with Crippen LogP contribution in [0.5, 0.6) is 0 Å². The van der Waals surface area contributed by atoms with Gasteiger partial charge in [-0.15, -0.1) is 0 Å². The lowest BCUT2D eigenvalue weighted by Crippen LogP contribution is -2.47. The van der Waals surface area contributed by atoms with Crippen LogP contribution < -0.4 is 5.14 Å². The summed E-state index contributed by atoms with van der Waals surface area (Å²) in [6, 6.07) is 0. The molecule has 2 N–H and O–H groups in total. The summed E-state index contributed by atoms with van der Waals surface area (Å²) >= 11 is 0. The van der Waals surface area contributed by atoms with Crippen LogP contribution in [-0.2, 0) is 14.8 Å². The van der Waals surface area contributed by atoms with Crippen LogP contribution in [0.2, 0.25) is 0 Å². The smallest absolute Gasteiger partial charge is 0.212 e. The summed E-state index contributed by atoms with van der Waals surface area (Å²) < 4.78 is 28.5. The van der Waals surface area contributed by atoms with Crippen molar-refractivity contribution in [2.45, 2.75) is 55.8 Å². The monoisotopic (exact) mass is 233 g/mol. The number of hydrogen-bond acceptors (Lipinski definition) is 3. The lowest BCUT2D eigenvalue weighted by molar-refractivity contribution is -0.0978. The first-order valence-electron chi connectivity index (χ1n) is 5.67. The van der Waals surface area contributed by atoms with Gasteiger partial charge in [-0.25, -0.2) is 13.6 Å². The second kappa shape index (κ2) is 4.03. The Hall–Kier alpha value is -0.130. The molecule has 0 aromatic rings. The van der Waals surface area contributed by atoms with Gasteiger partial charge in [-0.05, 0) is 25.7 Å². The number of nitrogens with two attached hydrogens (primary N) is 1. The van der Waals surface area contributed by atoms with Gasteiger partial charge in [0.05, 0.1) is 10.9 Å². The summed E-state index contributed by atoms with van der Waals surface area (Å²) in [4.78, 5) is 0. The Bertz CT molecular complexity index is 314. The molecule has 15 heavy (non-hydrogen) atoms. The maximum Gasteiger partial charge on any atom is 0.212 e. The van der Waals surface area contributed by atoms with E-state index in [9.17, 15) is 8.42 Å². The van der Waals surface area contributed by atoms with Crippen LogP contribution in [0.1, 0.15) is 44.9 Å². The van der Waals surface area contributed by atoms with E-state index in [1.54, 1.807) is 0 Å². The van der Waals surface area contributed by atoms with E-state index in [1.165, 1.54) is 6.42 Å². The summed E-state index contributed by atoms with van der Waals surface area (Å²) in [6.07, 6.45) is 6.70. The summed E-state index contributed by atoms with van der Waals surface area (Å²) in [7, 11) is -3.38. The van der Waals surface area contributed by atoms with Gasteiger partial charge in [0.15, 0.2) is 0 Å². The molecule has 4 nitrogen and oxygen atoms in total. The summed E-state index contributed by atoms with van der Waals surface area (Å²) in [5.41, 5.74) is -0.173. The molecule has 0 aromatic heterocycles. The molecule has 2 rings (SSSR count). The van der Waals surface area contributed by atoms with Crippen molar-refractivity contribution in [3.63, 3.8) is 0 Å². The fraction of sp³-hybridized carbons (Fsp3) is 1.00. The zero-order valence-electron chi connectivity index (χ0n) is 8.94. The minimum Gasteiger partial charge on any atom is -0.375 e.